The summed E-state index contributed by atoms with van der Waals surface area (Å²) in [7, 11) is 3.70. The van der Waals surface area contributed by atoms with Gasteiger partial charge in [0.2, 0.25) is 0 Å². The Morgan fingerprint density at radius 3 is 2.25 bits per heavy atom. The highest BCUT2D eigenvalue weighted by Crippen LogP contribution is 2.36. The Bertz CT molecular complexity index is 906. The molecule has 0 aromatic rings. The van der Waals surface area contributed by atoms with Crippen molar-refractivity contribution < 1.29 is 44.5 Å². The molecule has 0 radical (unpaired) electrons. The zero-order valence-corrected chi connectivity index (χ0v) is 25.5. The third-order valence-electron chi connectivity index (χ3n) is 8.55. The molecule has 0 aliphatic carbocycles. The Morgan fingerprint density at radius 1 is 1.12 bits per heavy atom. The SMILES string of the molecule is CC[C@H]1OC(=O)[C@H](C)[C@@H](O)[C@H](C)[C@@H](OC2O[C@H](C)C[C@H](N(C)C)[C@H]2O)[C@@](C)(O)C[C@@H](C)C(=N)C(CO)=C[C@]1(C)O. The second-order valence-corrected chi connectivity index (χ2v) is 12.5. The average Bonchev–Trinajstić information content (AvgIpc) is 2.87. The molecular formula is C29H52N2O9. The number of ether oxygens (including phenoxy) is 3. The van der Waals surface area contributed by atoms with E-state index in [4.69, 9.17) is 19.6 Å². The number of hydrogen-bond donors (Lipinski definition) is 6. The molecule has 2 heterocycles. The van der Waals surface area contributed by atoms with Gasteiger partial charge < -0.3 is 50.1 Å². The zero-order valence-electron chi connectivity index (χ0n) is 25.5. The summed E-state index contributed by atoms with van der Waals surface area (Å²) in [6.45, 7) is 10.9. The predicted molar refractivity (Wildman–Crippen MR) is 150 cm³/mol. The van der Waals surface area contributed by atoms with Crippen molar-refractivity contribution in [3.8, 4) is 0 Å². The van der Waals surface area contributed by atoms with E-state index >= 15 is 0 Å². The lowest BCUT2D eigenvalue weighted by Gasteiger charge is -2.46. The third-order valence-corrected chi connectivity index (χ3v) is 8.55. The monoisotopic (exact) mass is 572 g/mol. The summed E-state index contributed by atoms with van der Waals surface area (Å²) in [6.07, 6.45) is -3.74. The van der Waals surface area contributed by atoms with Crippen LogP contribution in [0.3, 0.4) is 0 Å². The first-order chi connectivity index (χ1) is 18.4. The molecule has 0 aromatic carbocycles. The lowest BCUT2D eigenvalue weighted by Crippen LogP contribution is -2.59. The summed E-state index contributed by atoms with van der Waals surface area (Å²) >= 11 is 0. The van der Waals surface area contributed by atoms with E-state index in [2.05, 4.69) is 0 Å². The number of aliphatic hydroxyl groups is 5. The van der Waals surface area contributed by atoms with Crippen LogP contribution in [-0.4, -0.2) is 117 Å². The zero-order chi connectivity index (χ0) is 30.7. The molecule has 0 bridgehead atoms. The molecule has 1 unspecified atom stereocenters. The fourth-order valence-corrected chi connectivity index (χ4v) is 6.08. The Hall–Kier alpha value is -1.44. The molecule has 0 aromatic heterocycles. The Kier molecular flexibility index (Phi) is 11.9. The number of carbonyl (C=O) groups is 1. The number of likely N-dealkylation sites (N-methyl/N-ethyl adjacent to an activating group) is 1. The van der Waals surface area contributed by atoms with E-state index in [1.54, 1.807) is 20.8 Å². The molecule has 0 amide bonds. The minimum atomic E-state index is -1.70. The number of carbonyl (C=O) groups excluding carboxylic acids is 1. The highest BCUT2D eigenvalue weighted by molar-refractivity contribution is 5.99. The highest BCUT2D eigenvalue weighted by Gasteiger charge is 2.48. The molecule has 11 heteroatoms. The van der Waals surface area contributed by atoms with Crippen LogP contribution in [0.4, 0.5) is 0 Å². The van der Waals surface area contributed by atoms with E-state index in [1.165, 1.54) is 26.8 Å². The molecule has 12 atom stereocenters. The molecule has 0 saturated carbocycles. The van der Waals surface area contributed by atoms with Crippen molar-refractivity contribution in [3.05, 3.63) is 11.6 Å². The quantitative estimate of drug-likeness (QED) is 0.263. The molecule has 6 N–H and O–H groups in total. The van der Waals surface area contributed by atoms with E-state index in [1.807, 2.05) is 25.9 Å². The summed E-state index contributed by atoms with van der Waals surface area (Å²) in [4.78, 5) is 15.0. The van der Waals surface area contributed by atoms with Crippen molar-refractivity contribution in [1.82, 2.24) is 4.90 Å². The number of nitrogens with one attached hydrogen (secondary N) is 1. The summed E-state index contributed by atoms with van der Waals surface area (Å²) < 4.78 is 17.9. The molecular weight excluding hydrogens is 520 g/mol. The van der Waals surface area contributed by atoms with Crippen LogP contribution in [0.1, 0.15) is 67.7 Å². The van der Waals surface area contributed by atoms with Gasteiger partial charge in [-0.2, -0.15) is 0 Å². The topological polar surface area (TPSA) is 173 Å². The van der Waals surface area contributed by atoms with Gasteiger partial charge >= 0.3 is 5.97 Å². The molecule has 2 rings (SSSR count). The molecule has 1 saturated heterocycles. The molecule has 2 aliphatic rings. The van der Waals surface area contributed by atoms with Crippen LogP contribution in [0.25, 0.3) is 0 Å². The smallest absolute Gasteiger partial charge is 0.311 e. The second kappa shape index (κ2) is 13.7. The first-order valence-electron chi connectivity index (χ1n) is 14.3. The second-order valence-electron chi connectivity index (χ2n) is 12.5. The summed E-state index contributed by atoms with van der Waals surface area (Å²) in [5, 5.41) is 64.3. The van der Waals surface area contributed by atoms with Gasteiger partial charge in [0.15, 0.2) is 6.29 Å². The van der Waals surface area contributed by atoms with Gasteiger partial charge in [0, 0.05) is 23.6 Å². The van der Waals surface area contributed by atoms with Gasteiger partial charge in [-0.05, 0) is 72.7 Å². The fourth-order valence-electron chi connectivity index (χ4n) is 6.08. The van der Waals surface area contributed by atoms with E-state index in [0.29, 0.717) is 6.42 Å². The number of rotatable bonds is 5. The van der Waals surface area contributed by atoms with Gasteiger partial charge in [0.1, 0.15) is 17.8 Å². The first kappa shape index (κ1) is 34.8. The van der Waals surface area contributed by atoms with Crippen LogP contribution in [0.15, 0.2) is 11.6 Å². The summed E-state index contributed by atoms with van der Waals surface area (Å²) in [6, 6.07) is -0.269. The molecule has 1 fully saturated rings. The lowest BCUT2D eigenvalue weighted by atomic mass is 9.76. The van der Waals surface area contributed by atoms with Crippen LogP contribution in [0, 0.1) is 23.2 Å². The van der Waals surface area contributed by atoms with Crippen LogP contribution >= 0.6 is 0 Å². The van der Waals surface area contributed by atoms with Gasteiger partial charge in [-0.3, -0.25) is 4.79 Å². The van der Waals surface area contributed by atoms with Crippen LogP contribution in [0.2, 0.25) is 0 Å². The van der Waals surface area contributed by atoms with Crippen molar-refractivity contribution in [1.29, 1.82) is 5.41 Å². The predicted octanol–water partition coefficient (Wildman–Crippen LogP) is 1.23. The van der Waals surface area contributed by atoms with Gasteiger partial charge in [0.25, 0.3) is 0 Å². The normalized spacial score (nSPS) is 44.6. The van der Waals surface area contributed by atoms with Crippen molar-refractivity contribution in [2.24, 2.45) is 17.8 Å². The lowest BCUT2D eigenvalue weighted by molar-refractivity contribution is -0.298. The van der Waals surface area contributed by atoms with Crippen molar-refractivity contribution in [3.63, 3.8) is 0 Å². The largest absolute Gasteiger partial charge is 0.459 e. The highest BCUT2D eigenvalue weighted by atomic mass is 16.7. The van der Waals surface area contributed by atoms with Crippen molar-refractivity contribution in [2.45, 2.75) is 122 Å². The fraction of sp³-hybridized carbons (Fsp3) is 0.862. The number of hydrogen-bond acceptors (Lipinski definition) is 11. The maximum Gasteiger partial charge on any atom is 0.311 e. The average molecular weight is 573 g/mol. The van der Waals surface area contributed by atoms with Gasteiger partial charge in [0.05, 0.1) is 36.4 Å². The molecule has 232 valence electrons. The molecule has 11 nitrogen and oxygen atoms in total. The van der Waals surface area contributed by atoms with Crippen LogP contribution in [0.5, 0.6) is 0 Å². The van der Waals surface area contributed by atoms with E-state index in [0.717, 1.165) is 0 Å². The van der Waals surface area contributed by atoms with Crippen LogP contribution < -0.4 is 0 Å². The Morgan fingerprint density at radius 2 is 1.73 bits per heavy atom. The molecule has 40 heavy (non-hydrogen) atoms. The minimum absolute atomic E-state index is 0.00291. The number of cyclic esters (lactones) is 1. The van der Waals surface area contributed by atoms with Gasteiger partial charge in [-0.25, -0.2) is 0 Å². The first-order valence-corrected chi connectivity index (χ1v) is 14.3. The van der Waals surface area contributed by atoms with Gasteiger partial charge in [-0.1, -0.05) is 20.8 Å². The van der Waals surface area contributed by atoms with Crippen LogP contribution in [-0.2, 0) is 19.0 Å². The Labute approximate surface area is 238 Å². The van der Waals surface area contributed by atoms with E-state index < -0.39 is 72.2 Å². The maximum absolute atomic E-state index is 13.2. The molecule has 2 aliphatic heterocycles. The minimum Gasteiger partial charge on any atom is -0.459 e. The maximum atomic E-state index is 13.2. The third kappa shape index (κ3) is 7.89. The number of esters is 1. The van der Waals surface area contributed by atoms with E-state index in [-0.39, 0.29) is 36.3 Å². The number of nitrogens with zero attached hydrogens (tertiary/aromatic N) is 1. The van der Waals surface area contributed by atoms with E-state index in [9.17, 15) is 30.3 Å². The van der Waals surface area contributed by atoms with Crippen molar-refractivity contribution >= 4 is 11.7 Å². The standard InChI is InChI=1S/C29H52N2O9/c1-10-21-28(6,36)13-19(14-32)22(30)15(2)12-29(7,37)25(17(4)23(33)18(5)26(35)39-21)40-27-24(34)20(31(8)9)11-16(3)38-27/h13,15-18,20-21,23-25,27,30,32-34,36-37H,10-12,14H2,1-9H3/t15-,16-,17+,18-,20+,21-,23+,24-,25-,27?,28+,29+/m1/s1. The van der Waals surface area contributed by atoms with Crippen molar-refractivity contribution in [2.75, 3.05) is 20.7 Å². The Balaban J connectivity index is 2.58. The molecule has 0 spiro atoms. The summed E-state index contributed by atoms with van der Waals surface area (Å²) in [5.41, 5.74) is -3.23. The summed E-state index contributed by atoms with van der Waals surface area (Å²) in [5.74, 6) is -3.25. The van der Waals surface area contributed by atoms with Gasteiger partial charge in [-0.15, -0.1) is 0 Å². The number of aliphatic hydroxyl groups excluding tert-OH is 3.